The Hall–Kier alpha value is -3.40. The number of nitriles is 1. The maximum Gasteiger partial charge on any atom is 0.374 e. The highest BCUT2D eigenvalue weighted by atomic mass is 16.5. The number of nitrogens with zero attached hydrogens (tertiary/aromatic N) is 3. The fraction of sp³-hybridized carbons (Fsp3) is 0.300. The second-order valence-electron chi connectivity index (χ2n) is 6.79. The third kappa shape index (κ3) is 3.34. The van der Waals surface area contributed by atoms with Crippen molar-refractivity contribution in [3.8, 4) is 17.5 Å². The van der Waals surface area contributed by atoms with E-state index in [9.17, 15) is 9.59 Å². The Morgan fingerprint density at radius 2 is 1.93 bits per heavy atom. The van der Waals surface area contributed by atoms with Crippen LogP contribution in [0, 0.1) is 11.5 Å². The minimum absolute atomic E-state index is 0.102. The van der Waals surface area contributed by atoms with E-state index in [0.29, 0.717) is 17.3 Å². The van der Waals surface area contributed by atoms with Crippen LogP contribution in [0.4, 0.5) is 0 Å². The monoisotopic (exact) mass is 362 g/mol. The number of ether oxygens (including phenoxy) is 1. The lowest BCUT2D eigenvalue weighted by Gasteiger charge is -2.22. The molecular weight excluding hydrogens is 344 g/mol. The van der Waals surface area contributed by atoms with E-state index in [4.69, 9.17) is 5.26 Å². The lowest BCUT2D eigenvalue weighted by Crippen LogP contribution is -2.15. The molecule has 27 heavy (non-hydrogen) atoms. The summed E-state index contributed by atoms with van der Waals surface area (Å²) in [6, 6.07) is 11.1. The van der Waals surface area contributed by atoms with Crippen LogP contribution in [0.1, 0.15) is 54.1 Å². The summed E-state index contributed by atoms with van der Waals surface area (Å²) in [5.74, 6) is -0.273. The van der Waals surface area contributed by atoms with Crippen molar-refractivity contribution in [3.63, 3.8) is 0 Å². The number of H-pyrrole nitrogens is 1. The molecule has 1 aliphatic carbocycles. The number of esters is 1. The number of carbonyl (C=O) groups excluding carboxylic acids is 1. The van der Waals surface area contributed by atoms with E-state index < -0.39 is 5.97 Å². The first-order valence-electron chi connectivity index (χ1n) is 8.99. The predicted octanol–water partition coefficient (Wildman–Crippen LogP) is 3.38. The quantitative estimate of drug-likeness (QED) is 0.569. The van der Waals surface area contributed by atoms with Crippen molar-refractivity contribution < 1.29 is 9.53 Å². The predicted molar refractivity (Wildman–Crippen MR) is 98.1 cm³/mol. The fourth-order valence-corrected chi connectivity index (χ4v) is 3.72. The molecule has 0 bridgehead atoms. The average Bonchev–Trinajstić information content (AvgIpc) is 3.14. The molecule has 0 aliphatic heterocycles. The van der Waals surface area contributed by atoms with Crippen LogP contribution < -0.4 is 5.56 Å². The van der Waals surface area contributed by atoms with E-state index in [2.05, 4.69) is 27.0 Å². The lowest BCUT2D eigenvalue weighted by molar-refractivity contribution is 0.0678. The number of benzene rings is 1. The third-order valence-electron chi connectivity index (χ3n) is 5.09. The van der Waals surface area contributed by atoms with Crippen molar-refractivity contribution in [1.29, 1.82) is 5.26 Å². The van der Waals surface area contributed by atoms with Gasteiger partial charge in [0, 0.05) is 12.1 Å². The summed E-state index contributed by atoms with van der Waals surface area (Å²) in [6.45, 7) is 0. The molecular formula is C20H18N4O3. The number of aromatic nitrogens is 3. The molecule has 0 spiro atoms. The summed E-state index contributed by atoms with van der Waals surface area (Å²) in [5, 5.41) is 12.3. The molecule has 1 fully saturated rings. The zero-order valence-corrected chi connectivity index (χ0v) is 14.6. The molecule has 0 radical (unpaired) electrons. The van der Waals surface area contributed by atoms with E-state index in [1.165, 1.54) is 56.1 Å². The van der Waals surface area contributed by atoms with Gasteiger partial charge in [0.05, 0.1) is 5.69 Å². The zero-order chi connectivity index (χ0) is 18.8. The van der Waals surface area contributed by atoms with Crippen LogP contribution in [0.5, 0.6) is 0 Å². The van der Waals surface area contributed by atoms with Crippen molar-refractivity contribution in [2.24, 2.45) is 0 Å². The molecule has 2 aromatic heterocycles. The molecule has 1 aliphatic rings. The van der Waals surface area contributed by atoms with Crippen LogP contribution >= 0.6 is 0 Å². The van der Waals surface area contributed by atoms with Crippen molar-refractivity contribution >= 4 is 11.6 Å². The maximum absolute atomic E-state index is 12.3. The van der Waals surface area contributed by atoms with Crippen molar-refractivity contribution in [2.75, 3.05) is 0 Å². The molecule has 0 atom stereocenters. The average molecular weight is 362 g/mol. The Morgan fingerprint density at radius 1 is 1.19 bits per heavy atom. The van der Waals surface area contributed by atoms with Gasteiger partial charge in [-0.15, -0.1) is 5.26 Å². The highest BCUT2D eigenvalue weighted by Gasteiger charge is 2.17. The molecule has 7 nitrogen and oxygen atoms in total. The van der Waals surface area contributed by atoms with Gasteiger partial charge in [-0.2, -0.15) is 9.61 Å². The van der Waals surface area contributed by atoms with Crippen molar-refractivity contribution in [2.45, 2.75) is 38.0 Å². The molecule has 0 amide bonds. The summed E-state index contributed by atoms with van der Waals surface area (Å²) in [5.41, 5.74) is 2.76. The molecule has 7 heteroatoms. The van der Waals surface area contributed by atoms with Crippen LogP contribution in [0.25, 0.3) is 16.9 Å². The van der Waals surface area contributed by atoms with Gasteiger partial charge in [0.1, 0.15) is 5.65 Å². The Bertz CT molecular complexity index is 1080. The SMILES string of the molecule is N#COC(=O)c1cc2[nH]c(-c3ccc(C4CCCCC4)cc3)cc(=O)n2n1. The van der Waals surface area contributed by atoms with Crippen molar-refractivity contribution in [3.05, 3.63) is 58.0 Å². The Balaban J connectivity index is 1.66. The van der Waals surface area contributed by atoms with Gasteiger partial charge in [-0.25, -0.2) is 4.79 Å². The number of hydrogen-bond donors (Lipinski definition) is 1. The molecule has 4 rings (SSSR count). The molecule has 1 N–H and O–H groups in total. The summed E-state index contributed by atoms with van der Waals surface area (Å²) < 4.78 is 5.34. The summed E-state index contributed by atoms with van der Waals surface area (Å²) in [4.78, 5) is 27.1. The van der Waals surface area contributed by atoms with Gasteiger partial charge in [-0.05, 0) is 29.9 Å². The number of carbonyl (C=O) groups is 1. The van der Waals surface area contributed by atoms with E-state index >= 15 is 0 Å². The first-order chi connectivity index (χ1) is 13.2. The second kappa shape index (κ2) is 7.08. The minimum atomic E-state index is -0.896. The minimum Gasteiger partial charge on any atom is -0.346 e. The lowest BCUT2D eigenvalue weighted by atomic mass is 9.84. The van der Waals surface area contributed by atoms with E-state index in [-0.39, 0.29) is 11.3 Å². The summed E-state index contributed by atoms with van der Waals surface area (Å²) in [7, 11) is 0. The van der Waals surface area contributed by atoms with Gasteiger partial charge >= 0.3 is 5.97 Å². The normalized spacial score (nSPS) is 14.8. The molecule has 0 saturated heterocycles. The van der Waals surface area contributed by atoms with Crippen LogP contribution in [0.2, 0.25) is 0 Å². The van der Waals surface area contributed by atoms with Crippen LogP contribution in [0.3, 0.4) is 0 Å². The first kappa shape index (κ1) is 17.0. The summed E-state index contributed by atoms with van der Waals surface area (Å²) >= 11 is 0. The Morgan fingerprint density at radius 3 is 2.63 bits per heavy atom. The van der Waals surface area contributed by atoms with Gasteiger partial charge in [0.25, 0.3) is 11.8 Å². The Kier molecular flexibility index (Phi) is 4.47. The third-order valence-corrected chi connectivity index (χ3v) is 5.09. The molecule has 1 saturated carbocycles. The molecule has 136 valence electrons. The smallest absolute Gasteiger partial charge is 0.346 e. The van der Waals surface area contributed by atoms with Crippen LogP contribution in [0.15, 0.2) is 41.2 Å². The molecule has 0 unspecified atom stereocenters. The number of rotatable bonds is 3. The van der Waals surface area contributed by atoms with Gasteiger partial charge in [-0.3, -0.25) is 4.79 Å². The van der Waals surface area contributed by atoms with Gasteiger partial charge in [0.15, 0.2) is 5.69 Å². The fourth-order valence-electron chi connectivity index (χ4n) is 3.72. The van der Waals surface area contributed by atoms with Crippen LogP contribution in [-0.2, 0) is 4.74 Å². The largest absolute Gasteiger partial charge is 0.374 e. The van der Waals surface area contributed by atoms with E-state index in [0.717, 1.165) is 10.1 Å². The van der Waals surface area contributed by atoms with E-state index in [1.54, 1.807) is 0 Å². The second-order valence-corrected chi connectivity index (χ2v) is 6.79. The summed E-state index contributed by atoms with van der Waals surface area (Å²) in [6.07, 6.45) is 7.67. The van der Waals surface area contributed by atoms with E-state index in [1.807, 2.05) is 12.1 Å². The topological polar surface area (TPSA) is 100 Å². The first-order valence-corrected chi connectivity index (χ1v) is 8.99. The van der Waals surface area contributed by atoms with Gasteiger partial charge < -0.3 is 9.72 Å². The number of fused-ring (bicyclic) bond motifs is 1. The number of nitrogens with one attached hydrogen (secondary N) is 1. The standard InChI is InChI=1S/C20H18N4O3/c21-12-27-20(26)17-10-18-22-16(11-19(25)24(18)23-17)15-8-6-14(7-9-15)13-4-2-1-3-5-13/h6-11,13,22H,1-5H2. The maximum atomic E-state index is 12.3. The van der Waals surface area contributed by atoms with Crippen LogP contribution in [-0.4, -0.2) is 20.6 Å². The van der Waals surface area contributed by atoms with Gasteiger partial charge in [0.2, 0.25) is 0 Å². The molecule has 2 heterocycles. The highest BCUT2D eigenvalue weighted by Crippen LogP contribution is 2.33. The van der Waals surface area contributed by atoms with Gasteiger partial charge in [-0.1, -0.05) is 43.5 Å². The highest BCUT2D eigenvalue weighted by molar-refractivity contribution is 5.89. The number of aromatic amines is 1. The number of hydrogen-bond acceptors (Lipinski definition) is 5. The molecule has 3 aromatic rings. The molecule has 1 aromatic carbocycles. The van der Waals surface area contributed by atoms with Crippen molar-refractivity contribution in [1.82, 2.24) is 14.6 Å². The zero-order valence-electron chi connectivity index (χ0n) is 14.6. The Labute approximate surface area is 155 Å².